The summed E-state index contributed by atoms with van der Waals surface area (Å²) in [5.74, 6) is -1.09. The standard InChI is InChI=1S/C13H23NO4/c1-9(7-10(2)15)14-11(16)8-13(12(17)18)5-3-4-6-13/h9-10,15H,3-8H2,1-2H3,(H,14,16)(H,17,18). The van der Waals surface area contributed by atoms with Gasteiger partial charge in [0.25, 0.3) is 0 Å². The quantitative estimate of drug-likeness (QED) is 0.669. The smallest absolute Gasteiger partial charge is 0.310 e. The van der Waals surface area contributed by atoms with Crippen LogP contribution in [0.5, 0.6) is 0 Å². The van der Waals surface area contributed by atoms with Gasteiger partial charge in [0.15, 0.2) is 0 Å². The van der Waals surface area contributed by atoms with Crippen molar-refractivity contribution in [1.29, 1.82) is 0 Å². The fourth-order valence-corrected chi connectivity index (χ4v) is 2.72. The summed E-state index contributed by atoms with van der Waals surface area (Å²) >= 11 is 0. The van der Waals surface area contributed by atoms with Gasteiger partial charge in [0, 0.05) is 12.5 Å². The summed E-state index contributed by atoms with van der Waals surface area (Å²) < 4.78 is 0. The summed E-state index contributed by atoms with van der Waals surface area (Å²) in [4.78, 5) is 23.1. The summed E-state index contributed by atoms with van der Waals surface area (Å²) in [6, 6.07) is -0.134. The van der Waals surface area contributed by atoms with Crippen molar-refractivity contribution in [1.82, 2.24) is 5.32 Å². The Bertz CT molecular complexity index is 308. The molecule has 0 bridgehead atoms. The number of carboxylic acid groups (broad SMARTS) is 1. The molecule has 1 fully saturated rings. The van der Waals surface area contributed by atoms with Crippen molar-refractivity contribution in [2.45, 2.75) is 64.5 Å². The number of nitrogens with one attached hydrogen (secondary N) is 1. The molecule has 3 N–H and O–H groups in total. The van der Waals surface area contributed by atoms with Crippen LogP contribution in [0.3, 0.4) is 0 Å². The van der Waals surface area contributed by atoms with Gasteiger partial charge in [0.05, 0.1) is 11.5 Å². The number of aliphatic carboxylic acids is 1. The lowest BCUT2D eigenvalue weighted by molar-refractivity contribution is -0.151. The monoisotopic (exact) mass is 257 g/mol. The summed E-state index contributed by atoms with van der Waals surface area (Å²) in [6.45, 7) is 3.48. The number of carboxylic acids is 1. The molecule has 0 spiro atoms. The van der Waals surface area contributed by atoms with Gasteiger partial charge in [-0.1, -0.05) is 12.8 Å². The third-order valence-electron chi connectivity index (χ3n) is 3.62. The summed E-state index contributed by atoms with van der Waals surface area (Å²) in [7, 11) is 0. The highest BCUT2D eigenvalue weighted by Crippen LogP contribution is 2.41. The van der Waals surface area contributed by atoms with E-state index in [9.17, 15) is 19.8 Å². The Kier molecular flexibility index (Phi) is 5.14. The van der Waals surface area contributed by atoms with Gasteiger partial charge in [-0.15, -0.1) is 0 Å². The zero-order valence-electron chi connectivity index (χ0n) is 11.1. The molecule has 1 aliphatic rings. The van der Waals surface area contributed by atoms with Crippen molar-refractivity contribution in [2.75, 3.05) is 0 Å². The highest BCUT2D eigenvalue weighted by atomic mass is 16.4. The first-order valence-electron chi connectivity index (χ1n) is 6.56. The molecule has 0 saturated heterocycles. The Morgan fingerprint density at radius 3 is 2.28 bits per heavy atom. The average Bonchev–Trinajstić information content (AvgIpc) is 2.65. The van der Waals surface area contributed by atoms with E-state index in [1.807, 2.05) is 6.92 Å². The van der Waals surface area contributed by atoms with Crippen LogP contribution in [-0.2, 0) is 9.59 Å². The number of carbonyl (C=O) groups is 2. The van der Waals surface area contributed by atoms with Gasteiger partial charge in [0.1, 0.15) is 0 Å². The van der Waals surface area contributed by atoms with Gasteiger partial charge in [0.2, 0.25) is 5.91 Å². The predicted molar refractivity (Wildman–Crippen MR) is 67.1 cm³/mol. The van der Waals surface area contributed by atoms with Crippen molar-refractivity contribution in [3.63, 3.8) is 0 Å². The van der Waals surface area contributed by atoms with Crippen LogP contribution in [0.1, 0.15) is 52.4 Å². The Balaban J connectivity index is 2.50. The van der Waals surface area contributed by atoms with Crippen molar-refractivity contribution in [2.24, 2.45) is 5.41 Å². The van der Waals surface area contributed by atoms with Crippen LogP contribution in [0.2, 0.25) is 0 Å². The van der Waals surface area contributed by atoms with Gasteiger partial charge < -0.3 is 15.5 Å². The van der Waals surface area contributed by atoms with Gasteiger partial charge in [-0.25, -0.2) is 0 Å². The lowest BCUT2D eigenvalue weighted by atomic mass is 9.82. The summed E-state index contributed by atoms with van der Waals surface area (Å²) in [5.41, 5.74) is -0.866. The number of carbonyl (C=O) groups excluding carboxylic acids is 1. The average molecular weight is 257 g/mol. The minimum absolute atomic E-state index is 0.0481. The third-order valence-corrected chi connectivity index (χ3v) is 3.62. The van der Waals surface area contributed by atoms with E-state index in [0.29, 0.717) is 19.3 Å². The first-order chi connectivity index (χ1) is 8.35. The van der Waals surface area contributed by atoms with E-state index in [1.54, 1.807) is 6.92 Å². The molecule has 0 aromatic heterocycles. The second kappa shape index (κ2) is 6.18. The van der Waals surface area contributed by atoms with Crippen LogP contribution < -0.4 is 5.32 Å². The molecule has 18 heavy (non-hydrogen) atoms. The Morgan fingerprint density at radius 2 is 1.83 bits per heavy atom. The van der Waals surface area contributed by atoms with Crippen molar-refractivity contribution in [3.8, 4) is 0 Å². The molecule has 2 atom stereocenters. The molecule has 1 rings (SSSR count). The molecule has 2 unspecified atom stereocenters. The lowest BCUT2D eigenvalue weighted by Crippen LogP contribution is -2.40. The summed E-state index contributed by atoms with van der Waals surface area (Å²) in [6.07, 6.45) is 2.98. The summed E-state index contributed by atoms with van der Waals surface area (Å²) in [5, 5.41) is 21.2. The minimum atomic E-state index is -0.866. The Morgan fingerprint density at radius 1 is 1.28 bits per heavy atom. The van der Waals surface area contributed by atoms with E-state index in [0.717, 1.165) is 12.8 Å². The van der Waals surface area contributed by atoms with Crippen LogP contribution in [0.25, 0.3) is 0 Å². The fourth-order valence-electron chi connectivity index (χ4n) is 2.72. The van der Waals surface area contributed by atoms with E-state index in [4.69, 9.17) is 0 Å². The van der Waals surface area contributed by atoms with Gasteiger partial charge in [-0.2, -0.15) is 0 Å². The number of rotatable bonds is 6. The number of amides is 1. The number of hydrogen-bond acceptors (Lipinski definition) is 3. The molecule has 1 saturated carbocycles. The van der Waals surface area contributed by atoms with Crippen LogP contribution in [0, 0.1) is 5.41 Å². The molecule has 5 nitrogen and oxygen atoms in total. The number of hydrogen-bond donors (Lipinski definition) is 3. The topological polar surface area (TPSA) is 86.6 Å². The Hall–Kier alpha value is -1.10. The predicted octanol–water partition coefficient (Wildman–Crippen LogP) is 1.30. The molecule has 1 aliphatic carbocycles. The largest absolute Gasteiger partial charge is 0.481 e. The van der Waals surface area contributed by atoms with E-state index in [-0.39, 0.29) is 18.4 Å². The fraction of sp³-hybridized carbons (Fsp3) is 0.846. The second-order valence-corrected chi connectivity index (χ2v) is 5.52. The molecule has 0 aromatic carbocycles. The lowest BCUT2D eigenvalue weighted by Gasteiger charge is -2.24. The maximum absolute atomic E-state index is 11.8. The minimum Gasteiger partial charge on any atom is -0.481 e. The van der Waals surface area contributed by atoms with Gasteiger partial charge >= 0.3 is 5.97 Å². The van der Waals surface area contributed by atoms with Gasteiger partial charge in [-0.3, -0.25) is 9.59 Å². The van der Waals surface area contributed by atoms with E-state index >= 15 is 0 Å². The molecule has 0 heterocycles. The molecule has 5 heteroatoms. The Labute approximate surface area is 108 Å². The van der Waals surface area contributed by atoms with Crippen LogP contribution in [0.15, 0.2) is 0 Å². The zero-order chi connectivity index (χ0) is 13.8. The van der Waals surface area contributed by atoms with E-state index < -0.39 is 17.5 Å². The van der Waals surface area contributed by atoms with Crippen molar-refractivity contribution in [3.05, 3.63) is 0 Å². The molecular formula is C13H23NO4. The van der Waals surface area contributed by atoms with Crippen LogP contribution in [0.4, 0.5) is 0 Å². The maximum atomic E-state index is 11.8. The first-order valence-corrected chi connectivity index (χ1v) is 6.56. The van der Waals surface area contributed by atoms with Crippen molar-refractivity contribution < 1.29 is 19.8 Å². The highest BCUT2D eigenvalue weighted by molar-refractivity contribution is 5.85. The molecule has 104 valence electrons. The number of aliphatic hydroxyl groups excluding tert-OH is 1. The SMILES string of the molecule is CC(O)CC(C)NC(=O)CC1(C(=O)O)CCCC1. The third kappa shape index (κ3) is 3.98. The van der Waals surface area contributed by atoms with E-state index in [1.165, 1.54) is 0 Å². The normalized spacial score (nSPS) is 21.3. The second-order valence-electron chi connectivity index (χ2n) is 5.52. The van der Waals surface area contributed by atoms with Crippen molar-refractivity contribution >= 4 is 11.9 Å². The van der Waals surface area contributed by atoms with Crippen LogP contribution in [-0.4, -0.2) is 34.2 Å². The zero-order valence-corrected chi connectivity index (χ0v) is 11.1. The molecule has 1 amide bonds. The van der Waals surface area contributed by atoms with E-state index in [2.05, 4.69) is 5.32 Å². The number of aliphatic hydroxyl groups is 1. The first kappa shape index (κ1) is 15.0. The molecule has 0 radical (unpaired) electrons. The molecular weight excluding hydrogens is 234 g/mol. The molecule has 0 aromatic rings. The van der Waals surface area contributed by atoms with Crippen LogP contribution >= 0.6 is 0 Å². The molecule has 0 aliphatic heterocycles. The van der Waals surface area contributed by atoms with Gasteiger partial charge in [-0.05, 0) is 33.1 Å². The maximum Gasteiger partial charge on any atom is 0.310 e. The highest BCUT2D eigenvalue weighted by Gasteiger charge is 2.43.